The molecule has 12 heteroatoms. The van der Waals surface area contributed by atoms with Crippen molar-refractivity contribution in [1.29, 1.82) is 0 Å². The lowest BCUT2D eigenvalue weighted by atomic mass is 9.98. The van der Waals surface area contributed by atoms with Gasteiger partial charge in [-0.25, -0.2) is 9.59 Å². The molecule has 6 rings (SSSR count). The second-order valence-electron chi connectivity index (χ2n) is 14.2. The van der Waals surface area contributed by atoms with E-state index in [1.54, 1.807) is 9.80 Å². The number of likely N-dealkylation sites (tertiary alicyclic amines) is 2. The highest BCUT2D eigenvalue weighted by molar-refractivity contribution is 5.69. The number of benzene rings is 2. The van der Waals surface area contributed by atoms with Crippen LogP contribution in [0.5, 0.6) is 0 Å². The third-order valence-corrected chi connectivity index (χ3v) is 7.79. The number of amides is 2. The summed E-state index contributed by atoms with van der Waals surface area (Å²) in [5.41, 5.74) is 0.865. The monoisotopic (exact) mass is 658 g/mol. The molecule has 2 amide bonds. The highest BCUT2D eigenvalue weighted by Gasteiger charge is 2.32. The largest absolute Gasteiger partial charge is 0.444 e. The van der Waals surface area contributed by atoms with Crippen LogP contribution in [0.1, 0.15) is 90.8 Å². The fourth-order valence-electron chi connectivity index (χ4n) is 5.55. The topological polar surface area (TPSA) is 137 Å². The summed E-state index contributed by atoms with van der Waals surface area (Å²) < 4.78 is 21.8. The molecule has 0 saturated carbocycles. The van der Waals surface area contributed by atoms with Gasteiger partial charge in [-0.05, 0) is 67.2 Å². The van der Waals surface area contributed by atoms with Gasteiger partial charge in [0.05, 0.1) is 11.8 Å². The van der Waals surface area contributed by atoms with Crippen LogP contribution in [0.15, 0.2) is 69.7 Å². The number of hydrogen-bond acceptors (Lipinski definition) is 10. The van der Waals surface area contributed by atoms with E-state index in [2.05, 4.69) is 20.3 Å². The number of rotatable bonds is 4. The van der Waals surface area contributed by atoms with E-state index in [4.69, 9.17) is 18.5 Å². The highest BCUT2D eigenvalue weighted by Crippen LogP contribution is 2.30. The lowest BCUT2D eigenvalue weighted by Gasteiger charge is -2.32. The zero-order valence-electron chi connectivity index (χ0n) is 28.7. The molecule has 2 atom stereocenters. The van der Waals surface area contributed by atoms with E-state index in [0.717, 1.165) is 36.8 Å². The highest BCUT2D eigenvalue weighted by atomic mass is 16.6. The van der Waals surface area contributed by atoms with Crippen LogP contribution in [0.2, 0.25) is 0 Å². The van der Waals surface area contributed by atoms with E-state index < -0.39 is 11.2 Å². The van der Waals surface area contributed by atoms with E-state index in [9.17, 15) is 9.59 Å². The smallest absolute Gasteiger partial charge is 0.410 e. The van der Waals surface area contributed by atoms with Gasteiger partial charge in [0.15, 0.2) is 0 Å². The molecule has 0 radical (unpaired) electrons. The van der Waals surface area contributed by atoms with Gasteiger partial charge in [-0.2, -0.15) is 9.97 Å². The number of aromatic nitrogens is 4. The number of hydrogen-bond donors (Lipinski definition) is 0. The summed E-state index contributed by atoms with van der Waals surface area (Å²) in [5.74, 6) is 2.44. The number of ether oxygens (including phenoxy) is 2. The summed E-state index contributed by atoms with van der Waals surface area (Å²) in [6.07, 6.45) is 3.08. The summed E-state index contributed by atoms with van der Waals surface area (Å²) in [4.78, 5) is 37.0. The molecule has 48 heavy (non-hydrogen) atoms. The molecular weight excluding hydrogens is 612 g/mol. The normalized spacial score (nSPS) is 18.5. The summed E-state index contributed by atoms with van der Waals surface area (Å²) in [6.45, 7) is 13.7. The van der Waals surface area contributed by atoms with Crippen LogP contribution in [0, 0.1) is 0 Å². The van der Waals surface area contributed by atoms with Crippen molar-refractivity contribution in [2.75, 3.05) is 26.2 Å². The number of nitrogens with zero attached hydrogens (tertiary/aromatic N) is 6. The Hall–Kier alpha value is -4.74. The van der Waals surface area contributed by atoms with Gasteiger partial charge in [0.2, 0.25) is 23.4 Å². The molecule has 0 spiro atoms. The Labute approximate surface area is 281 Å². The number of piperidine rings is 2. The molecule has 2 aromatic heterocycles. The van der Waals surface area contributed by atoms with Crippen LogP contribution in [0.25, 0.3) is 22.8 Å². The van der Waals surface area contributed by atoms with Gasteiger partial charge in [0.25, 0.3) is 0 Å². The minimum absolute atomic E-state index is 0.0521. The predicted octanol–water partition coefficient (Wildman–Crippen LogP) is 7.70. The summed E-state index contributed by atoms with van der Waals surface area (Å²) >= 11 is 0. The van der Waals surface area contributed by atoms with E-state index in [1.807, 2.05) is 102 Å². The SMILES string of the molecule is CC(C)(C)OC(=O)N1CCC[C@H](c2nc(-c3ccccc3)no2)C1.CC(C)(C)OC(=O)N1CCC[C@H](c2nc(-c3ccccc3)no2)C1. The first-order chi connectivity index (χ1) is 22.8. The quantitative estimate of drug-likeness (QED) is 0.214. The fourth-order valence-corrected chi connectivity index (χ4v) is 5.55. The lowest BCUT2D eigenvalue weighted by Crippen LogP contribution is -2.42. The molecule has 0 bridgehead atoms. The van der Waals surface area contributed by atoms with Crippen molar-refractivity contribution in [1.82, 2.24) is 30.1 Å². The first-order valence-electron chi connectivity index (χ1n) is 16.6. The van der Waals surface area contributed by atoms with Crippen LogP contribution in [-0.2, 0) is 9.47 Å². The zero-order chi connectivity index (χ0) is 34.3. The Morgan fingerprint density at radius 2 is 1.02 bits per heavy atom. The van der Waals surface area contributed by atoms with Gasteiger partial charge in [-0.3, -0.25) is 0 Å². The van der Waals surface area contributed by atoms with Crippen molar-refractivity contribution in [3.8, 4) is 22.8 Å². The number of carbonyl (C=O) groups excluding carboxylic acids is 2. The van der Waals surface area contributed by atoms with Crippen LogP contribution in [0.3, 0.4) is 0 Å². The number of carbonyl (C=O) groups is 2. The van der Waals surface area contributed by atoms with Crippen LogP contribution in [-0.4, -0.2) is 79.6 Å². The van der Waals surface area contributed by atoms with Crippen molar-refractivity contribution in [3.05, 3.63) is 72.4 Å². The maximum atomic E-state index is 12.3. The molecule has 4 aromatic rings. The summed E-state index contributed by atoms with van der Waals surface area (Å²) in [5, 5.41) is 8.14. The van der Waals surface area contributed by atoms with Gasteiger partial charge in [0.1, 0.15) is 11.2 Å². The Morgan fingerprint density at radius 3 is 1.38 bits per heavy atom. The lowest BCUT2D eigenvalue weighted by molar-refractivity contribution is 0.0178. The van der Waals surface area contributed by atoms with Gasteiger partial charge in [0, 0.05) is 37.3 Å². The molecule has 0 unspecified atom stereocenters. The molecule has 0 aliphatic carbocycles. The Bertz CT molecular complexity index is 1500. The molecule has 4 heterocycles. The second-order valence-corrected chi connectivity index (χ2v) is 14.2. The zero-order valence-corrected chi connectivity index (χ0v) is 28.7. The minimum Gasteiger partial charge on any atom is -0.444 e. The van der Waals surface area contributed by atoms with Crippen LogP contribution < -0.4 is 0 Å². The summed E-state index contributed by atoms with van der Waals surface area (Å²) in [6, 6.07) is 19.4. The maximum Gasteiger partial charge on any atom is 0.410 e. The molecule has 2 fully saturated rings. The van der Waals surface area contributed by atoms with Crippen molar-refractivity contribution in [2.24, 2.45) is 0 Å². The molecule has 2 aromatic carbocycles. The predicted molar refractivity (Wildman–Crippen MR) is 179 cm³/mol. The molecule has 2 aliphatic rings. The first-order valence-corrected chi connectivity index (χ1v) is 16.6. The van der Waals surface area contributed by atoms with Crippen molar-refractivity contribution in [2.45, 2.75) is 90.3 Å². The van der Waals surface area contributed by atoms with E-state index >= 15 is 0 Å². The van der Waals surface area contributed by atoms with Crippen molar-refractivity contribution < 1.29 is 28.1 Å². The molecule has 2 saturated heterocycles. The Kier molecular flexibility index (Phi) is 10.8. The fraction of sp³-hybridized carbons (Fsp3) is 0.500. The Balaban J connectivity index is 0.000000188. The van der Waals surface area contributed by atoms with Crippen molar-refractivity contribution >= 4 is 12.2 Å². The molecule has 2 aliphatic heterocycles. The molecule has 12 nitrogen and oxygen atoms in total. The second kappa shape index (κ2) is 15.0. The average molecular weight is 659 g/mol. The molecule has 0 N–H and O–H groups in total. The van der Waals surface area contributed by atoms with Gasteiger partial charge in [-0.15, -0.1) is 0 Å². The van der Waals surface area contributed by atoms with E-state index in [1.165, 1.54) is 0 Å². The van der Waals surface area contributed by atoms with E-state index in [-0.39, 0.29) is 24.0 Å². The van der Waals surface area contributed by atoms with E-state index in [0.29, 0.717) is 49.6 Å². The molecule has 256 valence electrons. The first kappa shape index (κ1) is 34.6. The van der Waals surface area contributed by atoms with Crippen LogP contribution in [0.4, 0.5) is 9.59 Å². The molecular formula is C36H46N6O6. The average Bonchev–Trinajstić information content (AvgIpc) is 3.76. The third kappa shape index (κ3) is 9.65. The maximum absolute atomic E-state index is 12.3. The Morgan fingerprint density at radius 1 is 0.646 bits per heavy atom. The standard InChI is InChI=1S/2C18H23N3O3/c2*1-18(2,3)23-17(22)21-11-7-10-14(12-21)16-19-15(20-24-16)13-8-5-4-6-9-13/h2*4-6,8-9,14H,7,10-12H2,1-3H3/t2*14-/m00/s1. The van der Waals surface area contributed by atoms with Gasteiger partial charge >= 0.3 is 12.2 Å². The minimum atomic E-state index is -0.491. The summed E-state index contributed by atoms with van der Waals surface area (Å²) in [7, 11) is 0. The van der Waals surface area contributed by atoms with Crippen molar-refractivity contribution in [3.63, 3.8) is 0 Å². The van der Waals surface area contributed by atoms with Gasteiger partial charge in [-0.1, -0.05) is 71.0 Å². The van der Waals surface area contributed by atoms with Gasteiger partial charge < -0.3 is 28.3 Å². The van der Waals surface area contributed by atoms with Crippen LogP contribution >= 0.6 is 0 Å². The third-order valence-electron chi connectivity index (χ3n) is 7.79.